The first kappa shape index (κ1) is 19.0. The number of aromatic nitrogens is 2. The summed E-state index contributed by atoms with van der Waals surface area (Å²) in [5.41, 5.74) is 0.239. The second-order valence-corrected chi connectivity index (χ2v) is 7.24. The van der Waals surface area contributed by atoms with Gasteiger partial charge in [0, 0.05) is 19.1 Å². The van der Waals surface area contributed by atoms with Crippen molar-refractivity contribution < 1.29 is 4.79 Å². The van der Waals surface area contributed by atoms with Crippen LogP contribution in [0.25, 0.3) is 10.9 Å². The van der Waals surface area contributed by atoms with Gasteiger partial charge in [-0.25, -0.2) is 9.78 Å². The van der Waals surface area contributed by atoms with Crippen molar-refractivity contribution in [1.82, 2.24) is 19.8 Å². The first-order valence-electron chi connectivity index (χ1n) is 8.74. The Kier molecular flexibility index (Phi) is 5.50. The Hall–Kier alpha value is -2.37. The monoisotopic (exact) mass is 344 g/mol. The largest absolute Gasteiger partial charge is 0.333 e. The molecule has 0 spiro atoms. The van der Waals surface area contributed by atoms with Crippen molar-refractivity contribution in [3.63, 3.8) is 0 Å². The van der Waals surface area contributed by atoms with E-state index in [-0.39, 0.29) is 23.2 Å². The molecule has 0 fully saturated rings. The molecule has 1 N–H and O–H groups in total. The third-order valence-corrected chi connectivity index (χ3v) is 4.16. The minimum absolute atomic E-state index is 0.0914. The molecule has 2 rings (SSSR count). The van der Waals surface area contributed by atoms with E-state index >= 15 is 0 Å². The van der Waals surface area contributed by atoms with E-state index < -0.39 is 0 Å². The maximum atomic E-state index is 12.7. The Bertz CT molecular complexity index is 820. The van der Waals surface area contributed by atoms with Crippen molar-refractivity contribution in [3.05, 3.63) is 40.4 Å². The van der Waals surface area contributed by atoms with E-state index in [1.807, 2.05) is 52.8 Å². The molecule has 0 aliphatic heterocycles. The SMILES string of the molecule is CCC(c1nc2ccccc2c(=O)n1C)N(CC)C(=O)NC(C)(C)C. The van der Waals surface area contributed by atoms with E-state index in [4.69, 9.17) is 4.98 Å². The predicted octanol–water partition coefficient (Wildman–Crippen LogP) is 3.21. The van der Waals surface area contributed by atoms with Gasteiger partial charge >= 0.3 is 6.03 Å². The molecule has 2 aromatic rings. The van der Waals surface area contributed by atoms with Crippen LogP contribution in [-0.2, 0) is 7.05 Å². The third kappa shape index (κ3) is 4.00. The molecule has 1 aromatic heterocycles. The van der Waals surface area contributed by atoms with Crippen LogP contribution in [0.3, 0.4) is 0 Å². The molecule has 6 nitrogen and oxygen atoms in total. The lowest BCUT2D eigenvalue weighted by Gasteiger charge is -2.33. The zero-order valence-corrected chi connectivity index (χ0v) is 16.0. The Morgan fingerprint density at radius 2 is 1.92 bits per heavy atom. The lowest BCUT2D eigenvalue weighted by Crippen LogP contribution is -2.50. The molecule has 136 valence electrons. The number of carbonyl (C=O) groups excluding carboxylic acids is 1. The molecule has 0 bridgehead atoms. The van der Waals surface area contributed by atoms with Gasteiger partial charge in [0.2, 0.25) is 0 Å². The minimum atomic E-state index is -0.328. The molecule has 0 saturated heterocycles. The van der Waals surface area contributed by atoms with Crippen molar-refractivity contribution in [2.24, 2.45) is 7.05 Å². The van der Waals surface area contributed by atoms with E-state index in [0.717, 1.165) is 0 Å². The molecule has 2 amide bonds. The van der Waals surface area contributed by atoms with Gasteiger partial charge in [0.25, 0.3) is 5.56 Å². The van der Waals surface area contributed by atoms with Gasteiger partial charge in [-0.3, -0.25) is 9.36 Å². The Morgan fingerprint density at radius 3 is 2.48 bits per heavy atom. The van der Waals surface area contributed by atoms with Crippen LogP contribution >= 0.6 is 0 Å². The highest BCUT2D eigenvalue weighted by molar-refractivity contribution is 5.78. The summed E-state index contributed by atoms with van der Waals surface area (Å²) in [7, 11) is 1.72. The summed E-state index contributed by atoms with van der Waals surface area (Å²) in [5.74, 6) is 0.608. The fourth-order valence-corrected chi connectivity index (χ4v) is 2.97. The molecule has 25 heavy (non-hydrogen) atoms. The highest BCUT2D eigenvalue weighted by atomic mass is 16.2. The smallest absolute Gasteiger partial charge is 0.318 e. The van der Waals surface area contributed by atoms with Crippen molar-refractivity contribution in [1.29, 1.82) is 0 Å². The number of para-hydroxylation sites is 1. The van der Waals surface area contributed by atoms with Gasteiger partial charge in [-0.1, -0.05) is 19.1 Å². The van der Waals surface area contributed by atoms with Crippen molar-refractivity contribution in [3.8, 4) is 0 Å². The van der Waals surface area contributed by atoms with Crippen LogP contribution in [0.15, 0.2) is 29.1 Å². The summed E-state index contributed by atoms with van der Waals surface area (Å²) in [6, 6.07) is 6.89. The number of nitrogens with one attached hydrogen (secondary N) is 1. The molecule has 0 aliphatic rings. The van der Waals surface area contributed by atoms with Crippen LogP contribution in [0, 0.1) is 0 Å². The molecular formula is C19H28N4O2. The van der Waals surface area contributed by atoms with Gasteiger partial charge in [0.1, 0.15) is 5.82 Å². The Morgan fingerprint density at radius 1 is 1.28 bits per heavy atom. The van der Waals surface area contributed by atoms with E-state index in [2.05, 4.69) is 5.32 Å². The molecule has 1 aromatic carbocycles. The van der Waals surface area contributed by atoms with Crippen molar-refractivity contribution in [2.75, 3.05) is 6.54 Å². The number of urea groups is 1. The molecule has 1 heterocycles. The number of hydrogen-bond acceptors (Lipinski definition) is 3. The molecule has 0 radical (unpaired) electrons. The first-order chi connectivity index (χ1) is 11.7. The van der Waals surface area contributed by atoms with Gasteiger partial charge < -0.3 is 10.2 Å². The molecule has 0 saturated carbocycles. The summed E-state index contributed by atoms with van der Waals surface area (Å²) in [4.78, 5) is 31.8. The van der Waals surface area contributed by atoms with E-state index in [1.54, 1.807) is 22.6 Å². The quantitative estimate of drug-likeness (QED) is 0.926. The fourth-order valence-electron chi connectivity index (χ4n) is 2.97. The summed E-state index contributed by atoms with van der Waals surface area (Å²) in [6.45, 7) is 10.3. The standard InChI is InChI=1S/C19H28N4O2/c1-7-15(23(8-2)18(25)21-19(3,4)5)16-20-14-12-10-9-11-13(14)17(24)22(16)6/h9-12,15H,7-8H2,1-6H3,(H,21,25). The zero-order chi connectivity index (χ0) is 18.8. The summed E-state index contributed by atoms with van der Waals surface area (Å²) in [5, 5.41) is 3.59. The zero-order valence-electron chi connectivity index (χ0n) is 16.0. The lowest BCUT2D eigenvalue weighted by atomic mass is 10.1. The highest BCUT2D eigenvalue weighted by Crippen LogP contribution is 2.23. The molecule has 6 heteroatoms. The molecule has 1 atom stereocenters. The Labute approximate surface area is 148 Å². The molecule has 1 unspecified atom stereocenters. The average Bonchev–Trinajstić information content (AvgIpc) is 2.54. The topological polar surface area (TPSA) is 67.2 Å². The number of carbonyl (C=O) groups is 1. The van der Waals surface area contributed by atoms with Crippen LogP contribution in [0.5, 0.6) is 0 Å². The number of amides is 2. The van der Waals surface area contributed by atoms with Gasteiger partial charge in [-0.2, -0.15) is 0 Å². The van der Waals surface area contributed by atoms with E-state index in [1.165, 1.54) is 0 Å². The summed E-state index contributed by atoms with van der Waals surface area (Å²) >= 11 is 0. The first-order valence-corrected chi connectivity index (χ1v) is 8.74. The van der Waals surface area contributed by atoms with E-state index in [9.17, 15) is 9.59 Å². The van der Waals surface area contributed by atoms with Gasteiger partial charge in [0.15, 0.2) is 0 Å². The number of rotatable bonds is 4. The van der Waals surface area contributed by atoms with Crippen molar-refractivity contribution >= 4 is 16.9 Å². The van der Waals surface area contributed by atoms with Crippen LogP contribution in [-0.4, -0.2) is 32.6 Å². The molecular weight excluding hydrogens is 316 g/mol. The predicted molar refractivity (Wildman–Crippen MR) is 101 cm³/mol. The third-order valence-electron chi connectivity index (χ3n) is 4.16. The fraction of sp³-hybridized carbons (Fsp3) is 0.526. The maximum Gasteiger partial charge on any atom is 0.318 e. The van der Waals surface area contributed by atoms with Gasteiger partial charge in [-0.05, 0) is 46.2 Å². The normalized spacial score (nSPS) is 12.9. The van der Waals surface area contributed by atoms with E-state index in [0.29, 0.717) is 29.7 Å². The minimum Gasteiger partial charge on any atom is -0.333 e. The Balaban J connectivity index is 2.52. The number of benzene rings is 1. The average molecular weight is 344 g/mol. The maximum absolute atomic E-state index is 12.7. The second kappa shape index (κ2) is 7.25. The van der Waals surface area contributed by atoms with Crippen LogP contribution in [0.2, 0.25) is 0 Å². The number of nitrogens with zero attached hydrogens (tertiary/aromatic N) is 3. The second-order valence-electron chi connectivity index (χ2n) is 7.24. The van der Waals surface area contributed by atoms with Crippen LogP contribution in [0.1, 0.15) is 52.9 Å². The number of hydrogen-bond donors (Lipinski definition) is 1. The van der Waals surface area contributed by atoms with Gasteiger partial charge in [0.05, 0.1) is 16.9 Å². The van der Waals surface area contributed by atoms with Crippen LogP contribution in [0.4, 0.5) is 4.79 Å². The highest BCUT2D eigenvalue weighted by Gasteiger charge is 2.28. The summed E-state index contributed by atoms with van der Waals surface area (Å²) < 4.78 is 1.56. The summed E-state index contributed by atoms with van der Waals surface area (Å²) in [6.07, 6.45) is 0.671. The van der Waals surface area contributed by atoms with Crippen LogP contribution < -0.4 is 10.9 Å². The number of fused-ring (bicyclic) bond motifs is 1. The molecule has 0 aliphatic carbocycles. The van der Waals surface area contributed by atoms with Gasteiger partial charge in [-0.15, -0.1) is 0 Å². The lowest BCUT2D eigenvalue weighted by molar-refractivity contribution is 0.163. The van der Waals surface area contributed by atoms with Crippen molar-refractivity contribution in [2.45, 2.75) is 52.6 Å².